The molecule has 1 heterocycles. The molecule has 1 nitrogen and oxygen atoms in total. The lowest BCUT2D eigenvalue weighted by atomic mass is 9.88. The van der Waals surface area contributed by atoms with E-state index in [1.165, 1.54) is 75.5 Å². The van der Waals surface area contributed by atoms with Crippen LogP contribution in [0.2, 0.25) is 0 Å². The van der Waals surface area contributed by atoms with Crippen LogP contribution < -0.4 is 4.90 Å². The van der Waals surface area contributed by atoms with Crippen molar-refractivity contribution in [1.82, 2.24) is 0 Å². The van der Waals surface area contributed by atoms with Crippen LogP contribution in [0.3, 0.4) is 0 Å². The Morgan fingerprint density at radius 1 is 0.315 bits per heavy atom. The molecule has 1 aromatic heterocycles. The predicted octanol–water partition coefficient (Wildman–Crippen LogP) is 15.3. The van der Waals surface area contributed by atoms with Gasteiger partial charge in [-0.25, -0.2) is 0 Å². The van der Waals surface area contributed by atoms with Gasteiger partial charge in [-0.05, 0) is 68.9 Å². The first-order chi connectivity index (χ1) is 26.8. The standard InChI is InChI=1S/C52H35NS/c1-2-18-37(19-3-1)40-21-6-7-22-41(40)42-23-8-9-24-43(42)44-25-10-13-30-49(44)53(39-34-33-36-17-4-5-20-38(36)35-39)50-31-14-11-26-45(50)47-28-16-29-48-46-27-12-15-32-51(46)54-52(47)48/h1-35H. The monoisotopic (exact) mass is 705 g/mol. The summed E-state index contributed by atoms with van der Waals surface area (Å²) in [5.74, 6) is 0. The van der Waals surface area contributed by atoms with E-state index >= 15 is 0 Å². The van der Waals surface area contributed by atoms with E-state index in [1.807, 2.05) is 11.3 Å². The molecule has 0 spiro atoms. The van der Waals surface area contributed by atoms with Crippen LogP contribution in [0.4, 0.5) is 17.1 Å². The van der Waals surface area contributed by atoms with Gasteiger partial charge in [-0.3, -0.25) is 0 Å². The van der Waals surface area contributed by atoms with Crippen molar-refractivity contribution in [2.24, 2.45) is 0 Å². The molecule has 10 aromatic rings. The highest BCUT2D eigenvalue weighted by atomic mass is 32.1. The number of benzene rings is 9. The summed E-state index contributed by atoms with van der Waals surface area (Å²) in [5, 5.41) is 5.03. The Kier molecular flexibility index (Phi) is 8.09. The number of anilines is 3. The van der Waals surface area contributed by atoms with E-state index in [9.17, 15) is 0 Å². The van der Waals surface area contributed by atoms with Crippen molar-refractivity contribution in [3.63, 3.8) is 0 Å². The van der Waals surface area contributed by atoms with E-state index in [0.29, 0.717) is 0 Å². The Labute approximate surface area is 319 Å². The summed E-state index contributed by atoms with van der Waals surface area (Å²) in [7, 11) is 0. The third-order valence-electron chi connectivity index (χ3n) is 10.5. The van der Waals surface area contributed by atoms with Crippen LogP contribution in [0, 0.1) is 0 Å². The molecule has 0 unspecified atom stereocenters. The fourth-order valence-electron chi connectivity index (χ4n) is 8.02. The lowest BCUT2D eigenvalue weighted by molar-refractivity contribution is 1.29. The van der Waals surface area contributed by atoms with Crippen molar-refractivity contribution < 1.29 is 0 Å². The third-order valence-corrected chi connectivity index (χ3v) is 11.7. The Hall–Kier alpha value is -6.74. The maximum absolute atomic E-state index is 2.48. The van der Waals surface area contributed by atoms with Gasteiger partial charge in [-0.15, -0.1) is 11.3 Å². The zero-order chi connectivity index (χ0) is 35.8. The summed E-state index contributed by atoms with van der Waals surface area (Å²) >= 11 is 1.88. The molecule has 0 saturated heterocycles. The summed E-state index contributed by atoms with van der Waals surface area (Å²) < 4.78 is 2.61. The number of nitrogens with zero attached hydrogens (tertiary/aromatic N) is 1. The van der Waals surface area contributed by atoms with Crippen molar-refractivity contribution in [2.75, 3.05) is 4.90 Å². The lowest BCUT2D eigenvalue weighted by Crippen LogP contribution is -2.12. The molecule has 0 bridgehead atoms. The largest absolute Gasteiger partial charge is 0.309 e. The Morgan fingerprint density at radius 2 is 0.815 bits per heavy atom. The van der Waals surface area contributed by atoms with Gasteiger partial charge in [-0.2, -0.15) is 0 Å². The van der Waals surface area contributed by atoms with Crippen molar-refractivity contribution in [1.29, 1.82) is 0 Å². The molecule has 54 heavy (non-hydrogen) atoms. The number of rotatable bonds is 7. The molecule has 254 valence electrons. The second-order valence-electron chi connectivity index (χ2n) is 13.6. The number of thiophene rings is 1. The molecule has 0 aliphatic carbocycles. The van der Waals surface area contributed by atoms with Gasteiger partial charge < -0.3 is 4.90 Å². The van der Waals surface area contributed by atoms with Crippen molar-refractivity contribution >= 4 is 59.3 Å². The minimum atomic E-state index is 1.11. The molecule has 2 heteroatoms. The Morgan fingerprint density at radius 3 is 1.56 bits per heavy atom. The number of fused-ring (bicyclic) bond motifs is 4. The second-order valence-corrected chi connectivity index (χ2v) is 14.7. The van der Waals surface area contributed by atoms with Crippen LogP contribution in [-0.4, -0.2) is 0 Å². The van der Waals surface area contributed by atoms with Gasteiger partial charge in [0.25, 0.3) is 0 Å². The average molecular weight is 706 g/mol. The molecule has 9 aromatic carbocycles. The smallest absolute Gasteiger partial charge is 0.0540 e. The SMILES string of the molecule is c1ccc(-c2ccccc2-c2ccccc2-c2ccccc2N(c2ccc3ccccc3c2)c2ccccc2-c2cccc3c2sc2ccccc23)cc1. The number of hydrogen-bond donors (Lipinski definition) is 0. The Bertz CT molecular complexity index is 2960. The van der Waals surface area contributed by atoms with Gasteiger partial charge >= 0.3 is 0 Å². The van der Waals surface area contributed by atoms with Gasteiger partial charge in [0.2, 0.25) is 0 Å². The minimum Gasteiger partial charge on any atom is -0.309 e. The molecule has 0 radical (unpaired) electrons. The van der Waals surface area contributed by atoms with E-state index in [1.54, 1.807) is 0 Å². The highest BCUT2D eigenvalue weighted by Crippen LogP contribution is 2.49. The molecular weight excluding hydrogens is 671 g/mol. The van der Waals surface area contributed by atoms with Gasteiger partial charge in [-0.1, -0.05) is 182 Å². The Balaban J connectivity index is 1.23. The summed E-state index contributed by atoms with van der Waals surface area (Å²) in [6, 6.07) is 77.2. The van der Waals surface area contributed by atoms with E-state index in [4.69, 9.17) is 0 Å². The second kappa shape index (κ2) is 13.7. The van der Waals surface area contributed by atoms with Crippen LogP contribution in [0.1, 0.15) is 0 Å². The highest BCUT2D eigenvalue weighted by Gasteiger charge is 2.23. The highest BCUT2D eigenvalue weighted by molar-refractivity contribution is 7.26. The van der Waals surface area contributed by atoms with E-state index in [2.05, 4.69) is 217 Å². The minimum absolute atomic E-state index is 1.11. The van der Waals surface area contributed by atoms with Gasteiger partial charge in [0.15, 0.2) is 0 Å². The van der Waals surface area contributed by atoms with Gasteiger partial charge in [0, 0.05) is 42.6 Å². The average Bonchev–Trinajstić information content (AvgIpc) is 3.64. The molecule has 0 N–H and O–H groups in total. The summed E-state index contributed by atoms with van der Waals surface area (Å²) in [4.78, 5) is 2.48. The van der Waals surface area contributed by atoms with Crippen LogP contribution >= 0.6 is 11.3 Å². The predicted molar refractivity (Wildman–Crippen MR) is 233 cm³/mol. The molecular formula is C52H35NS. The number of para-hydroxylation sites is 2. The first-order valence-electron chi connectivity index (χ1n) is 18.4. The first-order valence-corrected chi connectivity index (χ1v) is 19.3. The quantitative estimate of drug-likeness (QED) is 0.160. The van der Waals surface area contributed by atoms with Crippen molar-refractivity contribution in [3.05, 3.63) is 212 Å². The van der Waals surface area contributed by atoms with Crippen LogP contribution in [0.15, 0.2) is 212 Å². The van der Waals surface area contributed by atoms with Gasteiger partial charge in [0.1, 0.15) is 0 Å². The lowest BCUT2D eigenvalue weighted by Gasteiger charge is -2.30. The van der Waals surface area contributed by atoms with Crippen LogP contribution in [0.5, 0.6) is 0 Å². The molecule has 0 atom stereocenters. The van der Waals surface area contributed by atoms with E-state index in [0.717, 1.165) is 17.1 Å². The molecule has 10 rings (SSSR count). The van der Waals surface area contributed by atoms with E-state index in [-0.39, 0.29) is 0 Å². The molecule has 0 fully saturated rings. The van der Waals surface area contributed by atoms with Crippen molar-refractivity contribution in [3.8, 4) is 44.5 Å². The summed E-state index contributed by atoms with van der Waals surface area (Å²) in [5.41, 5.74) is 13.0. The topological polar surface area (TPSA) is 3.24 Å². The summed E-state index contributed by atoms with van der Waals surface area (Å²) in [6.07, 6.45) is 0. The fourth-order valence-corrected chi connectivity index (χ4v) is 9.25. The maximum Gasteiger partial charge on any atom is 0.0540 e. The molecule has 0 saturated carbocycles. The summed E-state index contributed by atoms with van der Waals surface area (Å²) in [6.45, 7) is 0. The van der Waals surface area contributed by atoms with E-state index < -0.39 is 0 Å². The normalized spacial score (nSPS) is 11.3. The zero-order valence-corrected chi connectivity index (χ0v) is 30.4. The number of hydrogen-bond acceptors (Lipinski definition) is 2. The van der Waals surface area contributed by atoms with Crippen LogP contribution in [-0.2, 0) is 0 Å². The fraction of sp³-hybridized carbons (Fsp3) is 0. The molecule has 0 aliphatic rings. The van der Waals surface area contributed by atoms with Gasteiger partial charge in [0.05, 0.1) is 11.4 Å². The molecule has 0 aliphatic heterocycles. The maximum atomic E-state index is 2.48. The zero-order valence-electron chi connectivity index (χ0n) is 29.6. The third kappa shape index (κ3) is 5.56. The van der Waals surface area contributed by atoms with Crippen molar-refractivity contribution in [2.45, 2.75) is 0 Å². The van der Waals surface area contributed by atoms with Crippen LogP contribution in [0.25, 0.3) is 75.5 Å². The molecule has 0 amide bonds. The first kappa shape index (κ1) is 32.0.